The van der Waals surface area contributed by atoms with Gasteiger partial charge in [-0.05, 0) is 77.1 Å². The Kier molecular flexibility index (Phi) is 13.3. The van der Waals surface area contributed by atoms with E-state index in [4.69, 9.17) is 14.5 Å². The third kappa shape index (κ3) is 9.79. The number of unbranched alkanes of at least 4 members (excludes halogenated alkanes) is 2. The Bertz CT molecular complexity index is 1750. The molecule has 1 unspecified atom stereocenters. The summed E-state index contributed by atoms with van der Waals surface area (Å²) in [5.41, 5.74) is 1.62. The van der Waals surface area contributed by atoms with Gasteiger partial charge in [0.1, 0.15) is 22.8 Å². The van der Waals surface area contributed by atoms with Crippen molar-refractivity contribution in [2.24, 2.45) is 4.99 Å². The SMILES string of the molecule is CCCCOc1ccc(C(C)(C)C)cc1C(O)(c1cc(C(C)(C)C)ccc1OCCCC)C(Cc1ccccc1)N=Cc1cc([N+](=O)[O-])ccc1O. The Morgan fingerprint density at radius 1 is 0.769 bits per heavy atom. The zero-order chi connectivity index (χ0) is 38.1. The second-order valence-electron chi connectivity index (χ2n) is 15.6. The minimum atomic E-state index is -1.85. The molecule has 0 amide bonds. The van der Waals surface area contributed by atoms with Crippen LogP contribution in [0.4, 0.5) is 5.69 Å². The van der Waals surface area contributed by atoms with Crippen molar-refractivity contribution in [2.45, 2.75) is 110 Å². The molecular formula is C44H56N2O6. The molecule has 0 heterocycles. The van der Waals surface area contributed by atoms with E-state index in [1.165, 1.54) is 24.4 Å². The van der Waals surface area contributed by atoms with Gasteiger partial charge in [-0.2, -0.15) is 0 Å². The number of aromatic hydroxyl groups is 1. The first kappa shape index (κ1) is 40.1. The quantitative estimate of drug-likeness (QED) is 0.0518. The third-order valence-electron chi connectivity index (χ3n) is 9.39. The summed E-state index contributed by atoms with van der Waals surface area (Å²) in [5.74, 6) is 0.917. The number of hydrogen-bond donors (Lipinski definition) is 2. The van der Waals surface area contributed by atoms with Gasteiger partial charge in [0.2, 0.25) is 0 Å². The summed E-state index contributed by atoms with van der Waals surface area (Å²) in [6.45, 7) is 17.9. The maximum atomic E-state index is 14.0. The molecule has 278 valence electrons. The predicted octanol–water partition coefficient (Wildman–Crippen LogP) is 10.2. The second kappa shape index (κ2) is 17.2. The van der Waals surface area contributed by atoms with Gasteiger partial charge < -0.3 is 19.7 Å². The lowest BCUT2D eigenvalue weighted by Crippen LogP contribution is -2.42. The van der Waals surface area contributed by atoms with Gasteiger partial charge in [0.15, 0.2) is 0 Å². The lowest BCUT2D eigenvalue weighted by molar-refractivity contribution is -0.384. The Labute approximate surface area is 309 Å². The first-order chi connectivity index (χ1) is 24.6. The molecule has 0 aliphatic carbocycles. The Morgan fingerprint density at radius 3 is 1.75 bits per heavy atom. The van der Waals surface area contributed by atoms with Crippen molar-refractivity contribution in [1.82, 2.24) is 0 Å². The molecule has 0 spiro atoms. The number of ether oxygens (including phenoxy) is 2. The van der Waals surface area contributed by atoms with Crippen LogP contribution in [0.1, 0.15) is 114 Å². The van der Waals surface area contributed by atoms with Crippen molar-refractivity contribution in [2.75, 3.05) is 13.2 Å². The van der Waals surface area contributed by atoms with Crippen LogP contribution < -0.4 is 9.47 Å². The van der Waals surface area contributed by atoms with Crippen molar-refractivity contribution in [1.29, 1.82) is 0 Å². The van der Waals surface area contributed by atoms with Crippen LogP contribution in [0, 0.1) is 10.1 Å². The molecule has 4 rings (SSSR count). The van der Waals surface area contributed by atoms with E-state index in [1.807, 2.05) is 66.7 Å². The maximum Gasteiger partial charge on any atom is 0.270 e. The number of nitro groups is 1. The van der Waals surface area contributed by atoms with E-state index >= 15 is 0 Å². The lowest BCUT2D eigenvalue weighted by atomic mass is 9.73. The largest absolute Gasteiger partial charge is 0.507 e. The van der Waals surface area contributed by atoms with Gasteiger partial charge in [-0.15, -0.1) is 0 Å². The normalized spacial score (nSPS) is 12.9. The standard InChI is InChI=1S/C44H56N2O6/c1-9-11-24-51-39-22-18-33(42(3,4)5)28-36(39)44(48,37-29-34(43(6,7)8)19-23-40(37)52-25-12-10-2)41(26-31-16-14-13-15-17-31)45-30-32-27-35(46(49)50)20-21-38(32)47/h13-23,27-30,41,47-48H,9-12,24-26H2,1-8H3. The van der Waals surface area contributed by atoms with E-state index in [0.717, 1.165) is 42.4 Å². The van der Waals surface area contributed by atoms with E-state index < -0.39 is 16.6 Å². The van der Waals surface area contributed by atoms with Crippen LogP contribution in [-0.4, -0.2) is 40.6 Å². The number of phenolic OH excluding ortho intramolecular Hbond substituents is 1. The molecular weight excluding hydrogens is 652 g/mol. The molecule has 0 aliphatic rings. The molecule has 8 heteroatoms. The highest BCUT2D eigenvalue weighted by molar-refractivity contribution is 5.84. The van der Waals surface area contributed by atoms with Crippen LogP contribution in [0.3, 0.4) is 0 Å². The summed E-state index contributed by atoms with van der Waals surface area (Å²) in [7, 11) is 0. The van der Waals surface area contributed by atoms with Crippen LogP contribution in [0.5, 0.6) is 17.2 Å². The van der Waals surface area contributed by atoms with E-state index in [0.29, 0.717) is 35.8 Å². The molecule has 0 saturated heterocycles. The first-order valence-corrected chi connectivity index (χ1v) is 18.4. The van der Waals surface area contributed by atoms with Gasteiger partial charge in [-0.1, -0.05) is 111 Å². The number of hydrogen-bond acceptors (Lipinski definition) is 7. The summed E-state index contributed by atoms with van der Waals surface area (Å²) in [6.07, 6.45) is 5.26. The average Bonchev–Trinajstić information content (AvgIpc) is 3.10. The maximum absolute atomic E-state index is 14.0. The molecule has 4 aromatic rings. The smallest absolute Gasteiger partial charge is 0.270 e. The molecule has 2 N–H and O–H groups in total. The molecule has 52 heavy (non-hydrogen) atoms. The van der Waals surface area contributed by atoms with Crippen molar-refractivity contribution >= 4 is 11.9 Å². The number of benzene rings is 4. The van der Waals surface area contributed by atoms with Gasteiger partial charge in [-0.25, -0.2) is 0 Å². The van der Waals surface area contributed by atoms with E-state index in [1.54, 1.807) is 0 Å². The minimum absolute atomic E-state index is 0.159. The minimum Gasteiger partial charge on any atom is -0.507 e. The highest BCUT2D eigenvalue weighted by Crippen LogP contribution is 2.47. The molecule has 8 nitrogen and oxygen atoms in total. The molecule has 0 aromatic heterocycles. The average molecular weight is 709 g/mol. The van der Waals surface area contributed by atoms with Crippen molar-refractivity contribution in [3.05, 3.63) is 128 Å². The Balaban J connectivity index is 2.15. The third-order valence-corrected chi connectivity index (χ3v) is 9.39. The van der Waals surface area contributed by atoms with Crippen LogP contribution >= 0.6 is 0 Å². The van der Waals surface area contributed by atoms with Gasteiger partial charge in [0, 0.05) is 35.0 Å². The summed E-state index contributed by atoms with van der Waals surface area (Å²) < 4.78 is 13.0. The van der Waals surface area contributed by atoms with Gasteiger partial charge >= 0.3 is 0 Å². The fourth-order valence-electron chi connectivity index (χ4n) is 6.07. The van der Waals surface area contributed by atoms with E-state index in [9.17, 15) is 20.3 Å². The summed E-state index contributed by atoms with van der Waals surface area (Å²) in [5, 5.41) is 36.5. The Morgan fingerprint density at radius 2 is 1.29 bits per heavy atom. The zero-order valence-electron chi connectivity index (χ0n) is 32.1. The zero-order valence-corrected chi connectivity index (χ0v) is 32.1. The molecule has 1 atom stereocenters. The fourth-order valence-corrected chi connectivity index (χ4v) is 6.07. The van der Waals surface area contributed by atoms with Crippen molar-refractivity contribution in [3.63, 3.8) is 0 Å². The molecule has 4 aromatic carbocycles. The van der Waals surface area contributed by atoms with Crippen LogP contribution in [0.25, 0.3) is 0 Å². The number of phenols is 1. The van der Waals surface area contributed by atoms with Gasteiger partial charge in [0.25, 0.3) is 5.69 Å². The number of nitro benzene ring substituents is 1. The molecule has 0 aliphatic heterocycles. The van der Waals surface area contributed by atoms with Crippen molar-refractivity contribution < 1.29 is 24.6 Å². The second-order valence-corrected chi connectivity index (χ2v) is 15.6. The topological polar surface area (TPSA) is 114 Å². The lowest BCUT2D eigenvalue weighted by Gasteiger charge is -2.39. The number of aliphatic hydroxyl groups is 1. The summed E-state index contributed by atoms with van der Waals surface area (Å²) in [4.78, 5) is 16.3. The number of aliphatic imine (C=N–C) groups is 1. The van der Waals surface area contributed by atoms with Crippen LogP contribution in [-0.2, 0) is 22.9 Å². The van der Waals surface area contributed by atoms with Gasteiger partial charge in [0.05, 0.1) is 24.2 Å². The molecule has 0 saturated carbocycles. The monoisotopic (exact) mass is 708 g/mol. The summed E-state index contributed by atoms with van der Waals surface area (Å²) >= 11 is 0. The van der Waals surface area contributed by atoms with Crippen LogP contribution in [0.2, 0.25) is 0 Å². The van der Waals surface area contributed by atoms with E-state index in [-0.39, 0.29) is 34.3 Å². The molecule has 0 radical (unpaired) electrons. The van der Waals surface area contributed by atoms with E-state index in [2.05, 4.69) is 55.4 Å². The molecule has 0 bridgehead atoms. The first-order valence-electron chi connectivity index (χ1n) is 18.4. The highest BCUT2D eigenvalue weighted by atomic mass is 16.6. The van der Waals surface area contributed by atoms with Crippen molar-refractivity contribution in [3.8, 4) is 17.2 Å². The summed E-state index contributed by atoms with van der Waals surface area (Å²) in [6, 6.07) is 24.7. The fraction of sp³-hybridized carbons (Fsp3) is 0.432. The Hall–Kier alpha value is -4.69. The predicted molar refractivity (Wildman–Crippen MR) is 210 cm³/mol. The molecule has 0 fully saturated rings. The van der Waals surface area contributed by atoms with Gasteiger partial charge in [-0.3, -0.25) is 15.1 Å². The number of nitrogens with zero attached hydrogens (tertiary/aromatic N) is 2. The highest BCUT2D eigenvalue weighted by Gasteiger charge is 2.45. The number of non-ortho nitro benzene ring substituents is 1. The van der Waals surface area contributed by atoms with Crippen LogP contribution in [0.15, 0.2) is 89.9 Å². The number of rotatable bonds is 16.